The Bertz CT molecular complexity index is 327. The number of carbonyl (C=O) groups is 1. The van der Waals surface area contributed by atoms with Gasteiger partial charge < -0.3 is 5.11 Å². The lowest BCUT2D eigenvalue weighted by atomic mass is 10.3. The molecule has 1 N–H and O–H groups in total. The van der Waals surface area contributed by atoms with Gasteiger partial charge >= 0.3 is 5.97 Å². The third-order valence-electron chi connectivity index (χ3n) is 1.93. The first-order chi connectivity index (χ1) is 7.08. The van der Waals surface area contributed by atoms with E-state index in [1.165, 1.54) is 0 Å². The molecule has 1 aromatic heterocycles. The van der Waals surface area contributed by atoms with Crippen LogP contribution in [0, 0.1) is 0 Å². The molecule has 0 unspecified atom stereocenters. The molecule has 0 radical (unpaired) electrons. The highest BCUT2D eigenvalue weighted by molar-refractivity contribution is 9.10. The molecule has 0 spiro atoms. The van der Waals surface area contributed by atoms with Crippen molar-refractivity contribution in [3.8, 4) is 0 Å². The largest absolute Gasteiger partial charge is 0.481 e. The second-order valence-corrected chi connectivity index (χ2v) is 4.26. The third kappa shape index (κ3) is 4.90. The highest BCUT2D eigenvalue weighted by atomic mass is 79.9. The SMILES string of the molecule is CN(CCC(=O)O)Cc1ccc(Br)cn1. The van der Waals surface area contributed by atoms with Gasteiger partial charge in [-0.15, -0.1) is 0 Å². The van der Waals surface area contributed by atoms with Crippen molar-refractivity contribution in [3.63, 3.8) is 0 Å². The van der Waals surface area contributed by atoms with Crippen molar-refractivity contribution < 1.29 is 9.90 Å². The molecular formula is C10H13BrN2O2. The summed E-state index contributed by atoms with van der Waals surface area (Å²) in [7, 11) is 1.88. The highest BCUT2D eigenvalue weighted by Crippen LogP contribution is 2.08. The van der Waals surface area contributed by atoms with Gasteiger partial charge in [-0.1, -0.05) is 0 Å². The summed E-state index contributed by atoms with van der Waals surface area (Å²) in [5.74, 6) is -0.773. The summed E-state index contributed by atoms with van der Waals surface area (Å²) >= 11 is 3.31. The molecule has 82 valence electrons. The molecular weight excluding hydrogens is 260 g/mol. The Kier molecular flexibility index (Phi) is 4.71. The van der Waals surface area contributed by atoms with Gasteiger partial charge in [-0.2, -0.15) is 0 Å². The van der Waals surface area contributed by atoms with Gasteiger partial charge in [-0.05, 0) is 35.1 Å². The van der Waals surface area contributed by atoms with Crippen LogP contribution in [0.4, 0.5) is 0 Å². The minimum Gasteiger partial charge on any atom is -0.481 e. The Morgan fingerprint density at radius 3 is 2.87 bits per heavy atom. The number of aromatic nitrogens is 1. The lowest BCUT2D eigenvalue weighted by molar-refractivity contribution is -0.137. The minimum absolute atomic E-state index is 0.160. The van der Waals surface area contributed by atoms with Crippen LogP contribution in [0.15, 0.2) is 22.8 Å². The van der Waals surface area contributed by atoms with Crippen molar-refractivity contribution in [2.24, 2.45) is 0 Å². The first-order valence-corrected chi connectivity index (χ1v) is 5.38. The van der Waals surface area contributed by atoms with Crippen LogP contribution in [0.3, 0.4) is 0 Å². The molecule has 0 atom stereocenters. The summed E-state index contributed by atoms with van der Waals surface area (Å²) in [5.41, 5.74) is 0.936. The van der Waals surface area contributed by atoms with Crippen molar-refractivity contribution in [2.45, 2.75) is 13.0 Å². The van der Waals surface area contributed by atoms with Crippen LogP contribution < -0.4 is 0 Å². The summed E-state index contributed by atoms with van der Waals surface area (Å²) < 4.78 is 0.944. The molecule has 0 fully saturated rings. The average molecular weight is 273 g/mol. The first kappa shape index (κ1) is 12.1. The number of nitrogens with zero attached hydrogens (tertiary/aromatic N) is 2. The number of carboxylic acid groups (broad SMARTS) is 1. The van der Waals surface area contributed by atoms with Gasteiger partial charge in [-0.3, -0.25) is 14.7 Å². The number of halogens is 1. The molecule has 15 heavy (non-hydrogen) atoms. The normalized spacial score (nSPS) is 10.6. The van der Waals surface area contributed by atoms with E-state index in [1.807, 2.05) is 24.1 Å². The molecule has 0 aliphatic heterocycles. The zero-order valence-corrected chi connectivity index (χ0v) is 10.1. The van der Waals surface area contributed by atoms with E-state index in [4.69, 9.17) is 5.11 Å². The molecule has 1 heterocycles. The van der Waals surface area contributed by atoms with Gasteiger partial charge in [0.05, 0.1) is 12.1 Å². The maximum atomic E-state index is 10.4. The van der Waals surface area contributed by atoms with Crippen molar-refractivity contribution >= 4 is 21.9 Å². The predicted molar refractivity (Wildman–Crippen MR) is 60.5 cm³/mol. The smallest absolute Gasteiger partial charge is 0.304 e. The number of hydrogen-bond acceptors (Lipinski definition) is 3. The predicted octanol–water partition coefficient (Wildman–Crippen LogP) is 1.75. The number of aliphatic carboxylic acids is 1. The van der Waals surface area contributed by atoms with Gasteiger partial charge in [0.15, 0.2) is 0 Å². The Morgan fingerprint density at radius 1 is 1.60 bits per heavy atom. The lowest BCUT2D eigenvalue weighted by Gasteiger charge is -2.14. The van der Waals surface area contributed by atoms with Crippen LogP contribution >= 0.6 is 15.9 Å². The van der Waals surface area contributed by atoms with Crippen LogP contribution in [0.1, 0.15) is 12.1 Å². The van der Waals surface area contributed by atoms with E-state index in [0.717, 1.165) is 10.2 Å². The molecule has 0 saturated carbocycles. The summed E-state index contributed by atoms with van der Waals surface area (Å²) in [6.45, 7) is 1.20. The van der Waals surface area contributed by atoms with Crippen molar-refractivity contribution in [1.29, 1.82) is 0 Å². The number of pyridine rings is 1. The molecule has 0 bridgehead atoms. The molecule has 0 saturated heterocycles. The third-order valence-corrected chi connectivity index (χ3v) is 2.40. The Balaban J connectivity index is 2.40. The fourth-order valence-corrected chi connectivity index (χ4v) is 1.38. The topological polar surface area (TPSA) is 53.4 Å². The van der Waals surface area contributed by atoms with E-state index >= 15 is 0 Å². The van der Waals surface area contributed by atoms with Crippen molar-refractivity contribution in [3.05, 3.63) is 28.5 Å². The number of carboxylic acids is 1. The Morgan fingerprint density at radius 2 is 2.33 bits per heavy atom. The van der Waals surface area contributed by atoms with Gasteiger partial charge in [0.1, 0.15) is 0 Å². The van der Waals surface area contributed by atoms with Crippen LogP contribution in [-0.2, 0) is 11.3 Å². The maximum absolute atomic E-state index is 10.4. The van der Waals surface area contributed by atoms with Crippen molar-refractivity contribution in [1.82, 2.24) is 9.88 Å². The second kappa shape index (κ2) is 5.82. The summed E-state index contributed by atoms with van der Waals surface area (Å²) in [5, 5.41) is 8.52. The van der Waals surface area contributed by atoms with E-state index in [0.29, 0.717) is 13.1 Å². The van der Waals surface area contributed by atoms with Gasteiger partial charge in [0.25, 0.3) is 0 Å². The molecule has 4 nitrogen and oxygen atoms in total. The van der Waals surface area contributed by atoms with Crippen LogP contribution in [0.2, 0.25) is 0 Å². The summed E-state index contributed by atoms with van der Waals surface area (Å²) in [6, 6.07) is 3.84. The van der Waals surface area contributed by atoms with Crippen LogP contribution in [-0.4, -0.2) is 34.6 Å². The van der Waals surface area contributed by atoms with Crippen molar-refractivity contribution in [2.75, 3.05) is 13.6 Å². The second-order valence-electron chi connectivity index (χ2n) is 3.35. The fraction of sp³-hybridized carbons (Fsp3) is 0.400. The van der Waals surface area contributed by atoms with Crippen LogP contribution in [0.5, 0.6) is 0 Å². The van der Waals surface area contributed by atoms with Gasteiger partial charge in [-0.25, -0.2) is 0 Å². The molecule has 0 aliphatic rings. The molecule has 0 aliphatic carbocycles. The summed E-state index contributed by atoms with van der Waals surface area (Å²) in [4.78, 5) is 16.5. The lowest BCUT2D eigenvalue weighted by Crippen LogP contribution is -2.21. The monoisotopic (exact) mass is 272 g/mol. The zero-order chi connectivity index (χ0) is 11.3. The molecule has 0 amide bonds. The van der Waals surface area contributed by atoms with Gasteiger partial charge in [0.2, 0.25) is 0 Å². The van der Waals surface area contributed by atoms with E-state index < -0.39 is 5.97 Å². The van der Waals surface area contributed by atoms with E-state index in [2.05, 4.69) is 20.9 Å². The zero-order valence-electron chi connectivity index (χ0n) is 8.48. The molecule has 1 rings (SSSR count). The van der Waals surface area contributed by atoms with E-state index in [1.54, 1.807) is 6.20 Å². The molecule has 1 aromatic rings. The fourth-order valence-electron chi connectivity index (χ4n) is 1.14. The molecule has 5 heteroatoms. The first-order valence-electron chi connectivity index (χ1n) is 4.58. The van der Waals surface area contributed by atoms with E-state index in [-0.39, 0.29) is 6.42 Å². The Labute approximate surface area is 97.1 Å². The quantitative estimate of drug-likeness (QED) is 0.888. The maximum Gasteiger partial charge on any atom is 0.304 e. The van der Waals surface area contributed by atoms with E-state index in [9.17, 15) is 4.79 Å². The molecule has 0 aromatic carbocycles. The minimum atomic E-state index is -0.773. The Hall–Kier alpha value is -0.940. The summed E-state index contributed by atoms with van der Waals surface area (Å²) in [6.07, 6.45) is 1.90. The highest BCUT2D eigenvalue weighted by Gasteiger charge is 2.04. The average Bonchev–Trinajstić information content (AvgIpc) is 2.19. The standard InChI is InChI=1S/C10H13BrN2O2/c1-13(5-4-10(14)15)7-9-3-2-8(11)6-12-9/h2-3,6H,4-5,7H2,1H3,(H,14,15). The van der Waals surface area contributed by atoms with Crippen LogP contribution in [0.25, 0.3) is 0 Å². The number of hydrogen-bond donors (Lipinski definition) is 1. The van der Waals surface area contributed by atoms with Gasteiger partial charge in [0, 0.05) is 23.8 Å². The number of rotatable bonds is 5.